The van der Waals surface area contributed by atoms with Crippen LogP contribution in [0.25, 0.3) is 6.08 Å². The molecule has 3 N–H and O–H groups in total. The molecule has 1 heterocycles. The number of hydrogen-bond donors (Lipinski definition) is 3. The van der Waals surface area contributed by atoms with E-state index in [0.29, 0.717) is 22.5 Å². The van der Waals surface area contributed by atoms with Crippen molar-refractivity contribution in [3.63, 3.8) is 0 Å². The van der Waals surface area contributed by atoms with Gasteiger partial charge < -0.3 is 16.0 Å². The smallest absolute Gasteiger partial charge is 0.272 e. The minimum atomic E-state index is -0.608. The van der Waals surface area contributed by atoms with Crippen LogP contribution in [0.5, 0.6) is 0 Å². The largest absolute Gasteiger partial charge is 0.325 e. The first-order chi connectivity index (χ1) is 21.9. The van der Waals surface area contributed by atoms with Crippen LogP contribution in [0.1, 0.15) is 44.0 Å². The van der Waals surface area contributed by atoms with Crippen molar-refractivity contribution < 1.29 is 19.2 Å². The number of amides is 3. The van der Waals surface area contributed by atoms with Crippen molar-refractivity contribution in [3.05, 3.63) is 154 Å². The summed E-state index contributed by atoms with van der Waals surface area (Å²) < 4.78 is 0. The first kappa shape index (κ1) is 31.2. The van der Waals surface area contributed by atoms with Gasteiger partial charge in [-0.05, 0) is 95.6 Å². The maximum atomic E-state index is 13.5. The number of anilines is 2. The van der Waals surface area contributed by atoms with Crippen LogP contribution in [0.2, 0.25) is 0 Å². The van der Waals surface area contributed by atoms with Crippen LogP contribution >= 0.6 is 23.1 Å². The number of benzene rings is 4. The first-order valence-electron chi connectivity index (χ1n) is 14.0. The summed E-state index contributed by atoms with van der Waals surface area (Å²) in [6, 6.07) is 33.9. The predicted molar refractivity (Wildman–Crippen MR) is 181 cm³/mol. The van der Waals surface area contributed by atoms with Crippen molar-refractivity contribution in [2.75, 3.05) is 10.6 Å². The minimum absolute atomic E-state index is 0.0507. The summed E-state index contributed by atoms with van der Waals surface area (Å²) >= 11 is 2.82. The number of carbonyl (C=O) groups excluding carboxylic acids is 4. The molecule has 45 heavy (non-hydrogen) atoms. The molecule has 224 valence electrons. The van der Waals surface area contributed by atoms with Gasteiger partial charge in [0.25, 0.3) is 11.8 Å². The van der Waals surface area contributed by atoms with E-state index in [1.807, 2.05) is 59.3 Å². The zero-order chi connectivity index (χ0) is 31.6. The van der Waals surface area contributed by atoms with Gasteiger partial charge >= 0.3 is 0 Å². The topological polar surface area (TPSA) is 104 Å². The highest BCUT2D eigenvalue weighted by Crippen LogP contribution is 2.37. The van der Waals surface area contributed by atoms with Gasteiger partial charge in [0.05, 0.1) is 0 Å². The molecule has 0 saturated carbocycles. The molecule has 3 amide bonds. The first-order valence-corrected chi connectivity index (χ1v) is 15.8. The number of Topliss-reactive ketones (excluding diaryl/α,β-unsaturated/α-hetero) is 1. The molecule has 0 aliphatic rings. The van der Waals surface area contributed by atoms with E-state index in [-0.39, 0.29) is 17.4 Å². The minimum Gasteiger partial charge on any atom is -0.325 e. The second-order valence-corrected chi connectivity index (χ2v) is 11.9. The molecule has 0 bridgehead atoms. The molecule has 7 nitrogen and oxygen atoms in total. The molecule has 0 spiro atoms. The fraction of sp³-hybridized carbons (Fsp3) is 0.0556. The maximum absolute atomic E-state index is 13.5. The molecule has 0 aliphatic carbocycles. The Labute approximate surface area is 269 Å². The SMILES string of the molecule is CC(=O)c1ccc(NC(=O)C(Sc2cccc(NC(=O)/C(=C/c3ccsc3)NC(=O)c3ccccc3)c2)c2ccccc2)cc1. The zero-order valence-corrected chi connectivity index (χ0v) is 25.9. The van der Waals surface area contributed by atoms with Crippen LogP contribution < -0.4 is 16.0 Å². The van der Waals surface area contributed by atoms with E-state index in [2.05, 4.69) is 16.0 Å². The Morgan fingerprint density at radius 2 is 1.44 bits per heavy atom. The highest BCUT2D eigenvalue weighted by atomic mass is 32.2. The molecule has 9 heteroatoms. The Kier molecular flexibility index (Phi) is 10.4. The standard InChI is InChI=1S/C36H29N3O4S2/c1-24(40)26-15-17-29(18-16-26)37-36(43)33(27-9-4-2-5-10-27)45-31-14-8-13-30(22-31)38-35(42)32(21-25-19-20-44-23-25)39-34(41)28-11-6-3-7-12-28/h2-23,33H,1H3,(H,37,43)(H,38,42)(H,39,41)/b32-21-. The molecule has 0 aliphatic heterocycles. The summed E-state index contributed by atoms with van der Waals surface area (Å²) in [7, 11) is 0. The zero-order valence-electron chi connectivity index (χ0n) is 24.2. The molecule has 4 aromatic carbocycles. The Hall–Kier alpha value is -5.25. The third-order valence-corrected chi connectivity index (χ3v) is 8.58. The Morgan fingerprint density at radius 1 is 0.733 bits per heavy atom. The average molecular weight is 632 g/mol. The van der Waals surface area contributed by atoms with Crippen molar-refractivity contribution in [2.45, 2.75) is 17.1 Å². The molecule has 1 unspecified atom stereocenters. The highest BCUT2D eigenvalue weighted by Gasteiger charge is 2.23. The van der Waals surface area contributed by atoms with Crippen molar-refractivity contribution in [3.8, 4) is 0 Å². The van der Waals surface area contributed by atoms with Gasteiger partial charge in [-0.2, -0.15) is 11.3 Å². The molecular formula is C36H29N3O4S2. The molecule has 0 radical (unpaired) electrons. The molecule has 0 saturated heterocycles. The van der Waals surface area contributed by atoms with E-state index >= 15 is 0 Å². The quantitative estimate of drug-likeness (QED) is 0.0783. The van der Waals surface area contributed by atoms with Crippen molar-refractivity contribution >= 4 is 64.1 Å². The summed E-state index contributed by atoms with van der Waals surface area (Å²) in [5, 5.41) is 11.8. The molecule has 1 aromatic heterocycles. The lowest BCUT2D eigenvalue weighted by molar-refractivity contribution is -0.116. The van der Waals surface area contributed by atoms with Gasteiger partial charge in [0, 0.05) is 27.4 Å². The molecule has 5 rings (SSSR count). The maximum Gasteiger partial charge on any atom is 0.272 e. The van der Waals surface area contributed by atoms with Crippen LogP contribution in [-0.2, 0) is 9.59 Å². The lowest BCUT2D eigenvalue weighted by Crippen LogP contribution is -2.30. The molecule has 5 aromatic rings. The fourth-order valence-corrected chi connectivity index (χ4v) is 6.05. The number of nitrogens with one attached hydrogen (secondary N) is 3. The summed E-state index contributed by atoms with van der Waals surface area (Å²) in [4.78, 5) is 52.3. The van der Waals surface area contributed by atoms with Gasteiger partial charge in [-0.15, -0.1) is 11.8 Å². The van der Waals surface area contributed by atoms with Crippen LogP contribution in [0.15, 0.2) is 137 Å². The monoisotopic (exact) mass is 631 g/mol. The lowest BCUT2D eigenvalue weighted by atomic mass is 10.1. The van der Waals surface area contributed by atoms with Gasteiger partial charge in [0.15, 0.2) is 5.78 Å². The van der Waals surface area contributed by atoms with E-state index in [1.54, 1.807) is 72.8 Å². The van der Waals surface area contributed by atoms with Crippen LogP contribution in [-0.4, -0.2) is 23.5 Å². The Bertz CT molecular complexity index is 1820. The lowest BCUT2D eigenvalue weighted by Gasteiger charge is -2.18. The average Bonchev–Trinajstić information content (AvgIpc) is 3.58. The number of hydrogen-bond acceptors (Lipinski definition) is 6. The molecular weight excluding hydrogens is 603 g/mol. The van der Waals surface area contributed by atoms with Gasteiger partial charge in [-0.25, -0.2) is 0 Å². The van der Waals surface area contributed by atoms with E-state index < -0.39 is 17.1 Å². The van der Waals surface area contributed by atoms with E-state index in [0.717, 1.165) is 16.0 Å². The van der Waals surface area contributed by atoms with Crippen molar-refractivity contribution in [1.29, 1.82) is 0 Å². The van der Waals surface area contributed by atoms with Gasteiger partial charge in [-0.1, -0.05) is 54.6 Å². The summed E-state index contributed by atoms with van der Waals surface area (Å²) in [5.74, 6) is -1.17. The molecule has 0 fully saturated rings. The van der Waals surface area contributed by atoms with Crippen LogP contribution in [0, 0.1) is 0 Å². The van der Waals surface area contributed by atoms with Crippen LogP contribution in [0.3, 0.4) is 0 Å². The number of ketones is 1. The number of carbonyl (C=O) groups is 4. The van der Waals surface area contributed by atoms with Crippen molar-refractivity contribution in [1.82, 2.24) is 5.32 Å². The third-order valence-electron chi connectivity index (χ3n) is 6.63. The van der Waals surface area contributed by atoms with E-state index in [9.17, 15) is 19.2 Å². The normalized spacial score (nSPS) is 11.7. The highest BCUT2D eigenvalue weighted by molar-refractivity contribution is 8.00. The van der Waals surface area contributed by atoms with Gasteiger partial charge in [-0.3, -0.25) is 19.2 Å². The Balaban J connectivity index is 1.34. The Morgan fingerprint density at radius 3 is 2.11 bits per heavy atom. The summed E-state index contributed by atoms with van der Waals surface area (Å²) in [6.07, 6.45) is 1.63. The second-order valence-electron chi connectivity index (χ2n) is 9.95. The van der Waals surface area contributed by atoms with Gasteiger partial charge in [0.2, 0.25) is 5.91 Å². The predicted octanol–water partition coefficient (Wildman–Crippen LogP) is 7.83. The van der Waals surface area contributed by atoms with Crippen molar-refractivity contribution in [2.24, 2.45) is 0 Å². The van der Waals surface area contributed by atoms with Gasteiger partial charge in [0.1, 0.15) is 10.9 Å². The van der Waals surface area contributed by atoms with E-state index in [4.69, 9.17) is 0 Å². The number of thioether (sulfide) groups is 1. The number of rotatable bonds is 11. The van der Waals surface area contributed by atoms with Crippen LogP contribution in [0.4, 0.5) is 11.4 Å². The third kappa shape index (κ3) is 8.66. The fourth-order valence-electron chi connectivity index (χ4n) is 4.34. The number of thiophene rings is 1. The van der Waals surface area contributed by atoms with E-state index in [1.165, 1.54) is 30.0 Å². The summed E-state index contributed by atoms with van der Waals surface area (Å²) in [6.45, 7) is 1.49. The summed E-state index contributed by atoms with van der Waals surface area (Å²) in [5.41, 5.74) is 3.76. The molecule has 1 atom stereocenters. The second kappa shape index (κ2) is 15.0.